The van der Waals surface area contributed by atoms with Crippen LogP contribution in [0, 0.1) is 29.3 Å². The summed E-state index contributed by atoms with van der Waals surface area (Å²) in [5.41, 5.74) is 3.72. The van der Waals surface area contributed by atoms with E-state index in [-0.39, 0.29) is 27.7 Å². The predicted molar refractivity (Wildman–Crippen MR) is 84.7 cm³/mol. The van der Waals surface area contributed by atoms with E-state index in [0.717, 1.165) is 6.07 Å². The molecule has 0 aromatic heterocycles. The molecule has 22 heavy (non-hydrogen) atoms. The van der Waals surface area contributed by atoms with Crippen LogP contribution in [0.3, 0.4) is 0 Å². The van der Waals surface area contributed by atoms with E-state index >= 15 is 0 Å². The van der Waals surface area contributed by atoms with Crippen LogP contribution in [0.4, 0.5) is 18.9 Å². The highest BCUT2D eigenvalue weighted by atomic mass is 19.1. The molecular weight excluding hydrogens is 282 g/mol. The van der Waals surface area contributed by atoms with Crippen LogP contribution in [0.1, 0.15) is 11.1 Å². The topological polar surface area (TPSA) is 26.0 Å². The fourth-order valence-corrected chi connectivity index (χ4v) is 1.75. The number of nitrogen functional groups attached to an aromatic ring is 1. The summed E-state index contributed by atoms with van der Waals surface area (Å²) in [6, 6.07) is 1.56. The molecule has 2 rings (SSSR count). The van der Waals surface area contributed by atoms with Crippen molar-refractivity contribution in [3.05, 3.63) is 40.7 Å². The Morgan fingerprint density at radius 3 is 1.91 bits per heavy atom. The van der Waals surface area contributed by atoms with Gasteiger partial charge in [0, 0.05) is 11.6 Å². The Morgan fingerprint density at radius 2 is 1.36 bits per heavy atom. The van der Waals surface area contributed by atoms with Crippen molar-refractivity contribution in [1.29, 1.82) is 0 Å². The zero-order valence-electron chi connectivity index (χ0n) is 11.2. The van der Waals surface area contributed by atoms with Gasteiger partial charge in [-0.3, -0.25) is 0 Å². The number of hydrogen-bond acceptors (Lipinski definition) is 1. The zero-order valence-corrected chi connectivity index (χ0v) is 11.2. The monoisotopic (exact) mass is 287 g/mol. The molecule has 2 aromatic rings. The number of nitrogens with two attached hydrogens (primary N) is 1. The van der Waals surface area contributed by atoms with Crippen LogP contribution in [0.25, 0.3) is 0 Å². The largest absolute Gasteiger partial charge is 0.395 e. The van der Waals surface area contributed by atoms with Crippen LogP contribution in [-0.2, 0) is 0 Å². The van der Waals surface area contributed by atoms with Crippen LogP contribution < -0.4 is 27.6 Å². The zero-order chi connectivity index (χ0) is 16.6. The molecule has 1 nitrogen and oxygen atoms in total. The quantitative estimate of drug-likeness (QED) is 0.347. The van der Waals surface area contributed by atoms with Crippen LogP contribution in [0.15, 0.2) is 12.1 Å². The number of hydrogen-bond donors (Lipinski definition) is 1. The maximum Gasteiger partial charge on any atom is 0.150 e. The molecule has 0 aliphatic rings. The lowest BCUT2D eigenvalue weighted by atomic mass is 9.67. The summed E-state index contributed by atoms with van der Waals surface area (Å²) in [5.74, 6) is 2.13. The highest BCUT2D eigenvalue weighted by Crippen LogP contribution is 2.17. The molecule has 0 bridgehead atoms. The SMILES string of the molecule is [B]c1c([B])c(C#Cc2cc(F)cc(F)c2N)c([B])c([B])c1F. The molecule has 0 atom stereocenters. The Hall–Kier alpha value is -2.15. The van der Waals surface area contributed by atoms with Gasteiger partial charge in [0.15, 0.2) is 0 Å². The van der Waals surface area contributed by atoms with Gasteiger partial charge >= 0.3 is 0 Å². The molecule has 0 spiro atoms. The molecule has 0 saturated carbocycles. The Kier molecular flexibility index (Phi) is 4.37. The third-order valence-corrected chi connectivity index (χ3v) is 3.01. The molecule has 0 fully saturated rings. The molecule has 8 radical (unpaired) electrons. The molecular formula is C14H4B4F3N. The molecule has 2 N–H and O–H groups in total. The van der Waals surface area contributed by atoms with E-state index in [1.807, 2.05) is 0 Å². The van der Waals surface area contributed by atoms with E-state index < -0.39 is 28.4 Å². The van der Waals surface area contributed by atoms with Gasteiger partial charge in [0.05, 0.1) is 11.3 Å². The van der Waals surface area contributed by atoms with Crippen LogP contribution in [0.5, 0.6) is 0 Å². The summed E-state index contributed by atoms with van der Waals surface area (Å²) >= 11 is 0. The van der Waals surface area contributed by atoms with Crippen molar-refractivity contribution in [3.63, 3.8) is 0 Å². The van der Waals surface area contributed by atoms with E-state index in [0.29, 0.717) is 6.07 Å². The van der Waals surface area contributed by atoms with Gasteiger partial charge in [0.25, 0.3) is 0 Å². The van der Waals surface area contributed by atoms with Crippen molar-refractivity contribution < 1.29 is 13.2 Å². The van der Waals surface area contributed by atoms with E-state index in [9.17, 15) is 13.2 Å². The second kappa shape index (κ2) is 5.92. The van der Waals surface area contributed by atoms with E-state index in [1.165, 1.54) is 0 Å². The first kappa shape index (κ1) is 16.2. The average molecular weight is 286 g/mol. The minimum Gasteiger partial charge on any atom is -0.395 e. The summed E-state index contributed by atoms with van der Waals surface area (Å²) in [4.78, 5) is 0. The molecule has 0 amide bonds. The van der Waals surface area contributed by atoms with E-state index in [2.05, 4.69) is 11.8 Å². The maximum atomic E-state index is 13.6. The Morgan fingerprint density at radius 1 is 0.818 bits per heavy atom. The van der Waals surface area contributed by atoms with Gasteiger partial charge in [0.2, 0.25) is 0 Å². The first-order valence-corrected chi connectivity index (χ1v) is 5.92. The van der Waals surface area contributed by atoms with Crippen molar-refractivity contribution in [2.75, 3.05) is 5.73 Å². The van der Waals surface area contributed by atoms with E-state index in [1.54, 1.807) is 0 Å². The Labute approximate surface area is 131 Å². The fraction of sp³-hybridized carbons (Fsp3) is 0. The predicted octanol–water partition coefficient (Wildman–Crippen LogP) is -1.74. The van der Waals surface area contributed by atoms with Crippen molar-refractivity contribution in [1.82, 2.24) is 0 Å². The summed E-state index contributed by atoms with van der Waals surface area (Å²) in [6.07, 6.45) is 0. The Bertz CT molecular complexity index is 811. The van der Waals surface area contributed by atoms with Crippen molar-refractivity contribution in [3.8, 4) is 11.8 Å². The number of halogens is 3. The number of benzene rings is 2. The number of rotatable bonds is 0. The first-order valence-electron chi connectivity index (χ1n) is 5.92. The maximum absolute atomic E-state index is 13.6. The molecule has 98 valence electrons. The third-order valence-electron chi connectivity index (χ3n) is 3.01. The lowest BCUT2D eigenvalue weighted by Crippen LogP contribution is -2.46. The minimum absolute atomic E-state index is 0.0412. The minimum atomic E-state index is -0.955. The van der Waals surface area contributed by atoms with Gasteiger partial charge in [-0.25, -0.2) is 13.2 Å². The summed E-state index contributed by atoms with van der Waals surface area (Å²) in [5, 5.41) is 0. The highest BCUT2D eigenvalue weighted by Gasteiger charge is 2.12. The third kappa shape index (κ3) is 2.76. The second-order valence-electron chi connectivity index (χ2n) is 4.44. The van der Waals surface area contributed by atoms with Gasteiger partial charge in [-0.15, -0.1) is 0 Å². The summed E-state index contributed by atoms with van der Waals surface area (Å²) < 4.78 is 40.1. The van der Waals surface area contributed by atoms with Crippen molar-refractivity contribution >= 4 is 58.9 Å². The van der Waals surface area contributed by atoms with Gasteiger partial charge in [-0.2, -0.15) is 0 Å². The molecule has 0 aliphatic carbocycles. The Balaban J connectivity index is 2.64. The molecule has 0 unspecified atom stereocenters. The lowest BCUT2D eigenvalue weighted by molar-refractivity contribution is 0.586. The van der Waals surface area contributed by atoms with E-state index in [4.69, 9.17) is 37.1 Å². The lowest BCUT2D eigenvalue weighted by Gasteiger charge is -2.14. The average Bonchev–Trinajstić information content (AvgIpc) is 2.47. The standard InChI is InChI=1S/C14H4B4F3N/c15-9-7(10(16)12(18)13(21)11(9)17)2-1-5-3-6(19)4-8(20)14(5)22/h3-4H,22H2. The number of anilines is 1. The highest BCUT2D eigenvalue weighted by molar-refractivity contribution is 6.57. The molecule has 0 aliphatic heterocycles. The van der Waals surface area contributed by atoms with Gasteiger partial charge in [0.1, 0.15) is 48.8 Å². The normalized spacial score (nSPS) is 10.1. The van der Waals surface area contributed by atoms with Gasteiger partial charge in [-0.05, 0) is 6.07 Å². The molecule has 8 heteroatoms. The van der Waals surface area contributed by atoms with Gasteiger partial charge in [-0.1, -0.05) is 33.7 Å². The van der Waals surface area contributed by atoms with Crippen LogP contribution >= 0.6 is 0 Å². The smallest absolute Gasteiger partial charge is 0.150 e. The fourth-order valence-electron chi connectivity index (χ4n) is 1.75. The van der Waals surface area contributed by atoms with Gasteiger partial charge < -0.3 is 5.73 Å². The molecule has 2 aromatic carbocycles. The van der Waals surface area contributed by atoms with Crippen LogP contribution in [0.2, 0.25) is 0 Å². The van der Waals surface area contributed by atoms with Crippen molar-refractivity contribution in [2.24, 2.45) is 0 Å². The second-order valence-corrected chi connectivity index (χ2v) is 4.44. The summed E-state index contributed by atoms with van der Waals surface area (Å²) in [6.45, 7) is 0. The van der Waals surface area contributed by atoms with Crippen molar-refractivity contribution in [2.45, 2.75) is 0 Å². The van der Waals surface area contributed by atoms with Crippen LogP contribution in [-0.4, -0.2) is 31.4 Å². The molecule has 0 saturated heterocycles. The summed E-state index contributed by atoms with van der Waals surface area (Å²) in [7, 11) is 22.2. The molecule has 0 heterocycles. The first-order chi connectivity index (χ1) is 10.2.